The maximum Gasteiger partial charge on any atom is 0.341 e. The van der Waals surface area contributed by atoms with Gasteiger partial charge in [-0.1, -0.05) is 32.9 Å². The van der Waals surface area contributed by atoms with Crippen molar-refractivity contribution in [1.82, 2.24) is 9.97 Å². The van der Waals surface area contributed by atoms with E-state index in [-0.39, 0.29) is 16.8 Å². The van der Waals surface area contributed by atoms with Crippen molar-refractivity contribution in [1.29, 1.82) is 0 Å². The van der Waals surface area contributed by atoms with E-state index in [1.807, 2.05) is 31.2 Å². The summed E-state index contributed by atoms with van der Waals surface area (Å²) in [4.78, 5) is 27.2. The molecule has 1 N–H and O–H groups in total. The highest BCUT2D eigenvalue weighted by Gasteiger charge is 2.52. The van der Waals surface area contributed by atoms with Gasteiger partial charge in [0.05, 0.1) is 23.2 Å². The summed E-state index contributed by atoms with van der Waals surface area (Å²) in [5, 5.41) is 4.48. The molecular formula is C29H36N4O2S. The Kier molecular flexibility index (Phi) is 5.74. The number of esters is 1. The third-order valence-corrected chi connectivity index (χ3v) is 9.65. The summed E-state index contributed by atoms with van der Waals surface area (Å²) in [6.07, 6.45) is 7.88. The van der Waals surface area contributed by atoms with Crippen LogP contribution in [-0.2, 0) is 17.6 Å². The van der Waals surface area contributed by atoms with Crippen LogP contribution in [-0.4, -0.2) is 35.1 Å². The number of thiophene rings is 1. The van der Waals surface area contributed by atoms with Gasteiger partial charge in [0.15, 0.2) is 11.6 Å². The molecule has 190 valence electrons. The Bertz CT molecular complexity index is 1330. The summed E-state index contributed by atoms with van der Waals surface area (Å²) in [5.41, 5.74) is 4.08. The fourth-order valence-electron chi connectivity index (χ4n) is 7.09. The molecular weight excluding hydrogens is 468 g/mol. The van der Waals surface area contributed by atoms with Gasteiger partial charge in [0.25, 0.3) is 0 Å². The molecule has 2 saturated heterocycles. The Morgan fingerprint density at radius 2 is 1.92 bits per heavy atom. The Morgan fingerprint density at radius 1 is 1.17 bits per heavy atom. The predicted octanol–water partition coefficient (Wildman–Crippen LogP) is 6.90. The first-order valence-electron chi connectivity index (χ1n) is 13.4. The SMILES string of the molecule is CCOC(=O)c1c(Nc2nc3ccccc3nc2N2C[C@@]3(C)CC[C@@H]2C(C)(C)C3)sc2c1CCCC2. The van der Waals surface area contributed by atoms with Crippen molar-refractivity contribution >= 4 is 45.0 Å². The normalized spacial score (nSPS) is 24.6. The van der Waals surface area contributed by atoms with Crippen LogP contribution in [0.4, 0.5) is 16.6 Å². The fraction of sp³-hybridized carbons (Fsp3) is 0.552. The molecule has 0 radical (unpaired) electrons. The van der Waals surface area contributed by atoms with Crippen molar-refractivity contribution in [3.05, 3.63) is 40.3 Å². The van der Waals surface area contributed by atoms with Crippen LogP contribution in [0.1, 0.15) is 80.6 Å². The van der Waals surface area contributed by atoms with Crippen LogP contribution in [0.3, 0.4) is 0 Å². The minimum absolute atomic E-state index is 0.202. The van der Waals surface area contributed by atoms with Crippen LogP contribution in [0.5, 0.6) is 0 Å². The standard InChI is InChI=1S/C29H36N4O2S/c1-5-35-27(34)23-18-10-6-9-13-21(18)36-26(23)32-24-25(31-20-12-8-7-11-19(20)30-24)33-17-29(4)15-14-22(33)28(2,3)16-29/h7-8,11-12,22H,5-6,9-10,13-17H2,1-4H3,(H,30,32)/t22-,29+/m1/s1. The van der Waals surface area contributed by atoms with E-state index < -0.39 is 0 Å². The second-order valence-corrected chi connectivity index (χ2v) is 12.9. The minimum Gasteiger partial charge on any atom is -0.462 e. The second-order valence-electron chi connectivity index (χ2n) is 11.8. The van der Waals surface area contributed by atoms with E-state index in [9.17, 15) is 4.79 Å². The molecule has 0 spiro atoms. The van der Waals surface area contributed by atoms with Gasteiger partial charge in [-0.2, -0.15) is 0 Å². The molecule has 6 nitrogen and oxygen atoms in total. The summed E-state index contributed by atoms with van der Waals surface area (Å²) in [5.74, 6) is 1.41. The first-order valence-corrected chi connectivity index (χ1v) is 14.2. The Balaban J connectivity index is 1.48. The number of aromatic nitrogens is 2. The summed E-state index contributed by atoms with van der Waals surface area (Å²) in [6, 6.07) is 8.49. The Labute approximate surface area is 217 Å². The number of hydrogen-bond acceptors (Lipinski definition) is 7. The van der Waals surface area contributed by atoms with Crippen LogP contribution in [0.15, 0.2) is 24.3 Å². The number of carbonyl (C=O) groups is 1. The highest BCUT2D eigenvalue weighted by Crippen LogP contribution is 2.55. The number of aryl methyl sites for hydroxylation is 1. The van der Waals surface area contributed by atoms with Crippen molar-refractivity contribution in [3.8, 4) is 0 Å². The molecule has 0 amide bonds. The zero-order valence-electron chi connectivity index (χ0n) is 21.8. The van der Waals surface area contributed by atoms with Crippen molar-refractivity contribution in [2.75, 3.05) is 23.4 Å². The van der Waals surface area contributed by atoms with Crippen molar-refractivity contribution in [3.63, 3.8) is 0 Å². The maximum atomic E-state index is 13.1. The van der Waals surface area contributed by atoms with Gasteiger partial charge >= 0.3 is 5.97 Å². The zero-order chi connectivity index (χ0) is 25.1. The molecule has 7 rings (SSSR count). The molecule has 3 fully saturated rings. The number of piperidine rings is 2. The maximum absolute atomic E-state index is 13.1. The Morgan fingerprint density at radius 3 is 2.64 bits per heavy atom. The zero-order valence-corrected chi connectivity index (χ0v) is 22.6. The number of para-hydroxylation sites is 2. The molecule has 4 aliphatic rings. The van der Waals surface area contributed by atoms with Crippen LogP contribution in [0.25, 0.3) is 11.0 Å². The number of ether oxygens (including phenoxy) is 1. The van der Waals surface area contributed by atoms with Gasteiger partial charge in [0.1, 0.15) is 5.00 Å². The molecule has 2 atom stereocenters. The van der Waals surface area contributed by atoms with Crippen LogP contribution < -0.4 is 10.2 Å². The Hall–Kier alpha value is -2.67. The first-order chi connectivity index (χ1) is 17.3. The lowest BCUT2D eigenvalue weighted by atomic mass is 9.58. The van der Waals surface area contributed by atoms with E-state index in [1.54, 1.807) is 11.3 Å². The van der Waals surface area contributed by atoms with E-state index in [4.69, 9.17) is 14.7 Å². The first kappa shape index (κ1) is 23.7. The molecule has 2 aliphatic carbocycles. The molecule has 36 heavy (non-hydrogen) atoms. The van der Waals surface area contributed by atoms with Crippen LogP contribution in [0.2, 0.25) is 0 Å². The van der Waals surface area contributed by atoms with Crippen molar-refractivity contribution in [2.24, 2.45) is 10.8 Å². The largest absolute Gasteiger partial charge is 0.462 e. The molecule has 2 aliphatic heterocycles. The molecule has 2 aromatic heterocycles. The highest BCUT2D eigenvalue weighted by molar-refractivity contribution is 7.16. The summed E-state index contributed by atoms with van der Waals surface area (Å²) in [7, 11) is 0. The molecule has 7 heteroatoms. The smallest absolute Gasteiger partial charge is 0.341 e. The van der Waals surface area contributed by atoms with Gasteiger partial charge in [-0.3, -0.25) is 0 Å². The van der Waals surface area contributed by atoms with Crippen LogP contribution in [0, 0.1) is 10.8 Å². The van der Waals surface area contributed by atoms with E-state index in [0.29, 0.717) is 18.2 Å². The van der Waals surface area contributed by atoms with Gasteiger partial charge < -0.3 is 15.0 Å². The van der Waals surface area contributed by atoms with Gasteiger partial charge in [0, 0.05) is 17.5 Å². The summed E-state index contributed by atoms with van der Waals surface area (Å²) in [6.45, 7) is 10.4. The quantitative estimate of drug-likeness (QED) is 0.381. The van der Waals surface area contributed by atoms with E-state index >= 15 is 0 Å². The molecule has 4 heterocycles. The lowest BCUT2D eigenvalue weighted by Gasteiger charge is -2.59. The summed E-state index contributed by atoms with van der Waals surface area (Å²) < 4.78 is 5.51. The van der Waals surface area contributed by atoms with Gasteiger partial charge in [0.2, 0.25) is 0 Å². The van der Waals surface area contributed by atoms with Crippen molar-refractivity contribution < 1.29 is 9.53 Å². The number of hydrogen-bond donors (Lipinski definition) is 1. The second kappa shape index (κ2) is 8.72. The van der Waals surface area contributed by atoms with Gasteiger partial charge in [-0.25, -0.2) is 14.8 Å². The lowest BCUT2D eigenvalue weighted by Crippen LogP contribution is -2.61. The molecule has 0 unspecified atom stereocenters. The molecule has 1 aromatic carbocycles. The number of anilines is 3. The number of rotatable bonds is 5. The summed E-state index contributed by atoms with van der Waals surface area (Å²) >= 11 is 1.69. The number of nitrogens with one attached hydrogen (secondary N) is 1. The fourth-order valence-corrected chi connectivity index (χ4v) is 8.37. The average molecular weight is 505 g/mol. The number of fused-ring (bicyclic) bond motifs is 5. The minimum atomic E-state index is -0.236. The highest BCUT2D eigenvalue weighted by atomic mass is 32.1. The predicted molar refractivity (Wildman–Crippen MR) is 147 cm³/mol. The lowest BCUT2D eigenvalue weighted by molar-refractivity contribution is 0.0303. The third kappa shape index (κ3) is 3.96. The number of benzene rings is 1. The number of carbonyl (C=O) groups excluding carboxylic acids is 1. The van der Waals surface area contributed by atoms with Gasteiger partial charge in [-0.05, 0) is 80.4 Å². The van der Waals surface area contributed by atoms with Crippen molar-refractivity contribution in [2.45, 2.75) is 78.7 Å². The van der Waals surface area contributed by atoms with E-state index in [0.717, 1.165) is 59.0 Å². The van der Waals surface area contributed by atoms with E-state index in [1.165, 1.54) is 30.6 Å². The molecule has 1 saturated carbocycles. The van der Waals surface area contributed by atoms with Gasteiger partial charge in [-0.15, -0.1) is 11.3 Å². The average Bonchev–Trinajstić information content (AvgIpc) is 3.20. The topological polar surface area (TPSA) is 67.3 Å². The molecule has 2 bridgehead atoms. The monoisotopic (exact) mass is 504 g/mol. The number of nitrogens with zero attached hydrogens (tertiary/aromatic N) is 3. The third-order valence-electron chi connectivity index (χ3n) is 8.44. The van der Waals surface area contributed by atoms with Crippen LogP contribution >= 0.6 is 11.3 Å². The molecule has 3 aromatic rings. The van der Waals surface area contributed by atoms with E-state index in [2.05, 4.69) is 31.0 Å².